The first-order valence-electron chi connectivity index (χ1n) is 11.5. The number of ether oxygens (including phenoxy) is 1. The summed E-state index contributed by atoms with van der Waals surface area (Å²) < 4.78 is 49.5. The summed E-state index contributed by atoms with van der Waals surface area (Å²) in [6.07, 6.45) is -0.567. The van der Waals surface area contributed by atoms with Crippen molar-refractivity contribution in [1.82, 2.24) is 14.5 Å². The molecule has 0 spiro atoms. The van der Waals surface area contributed by atoms with E-state index >= 15 is 0 Å². The number of fused-ring (bicyclic) bond motifs is 1. The lowest BCUT2D eigenvalue weighted by atomic mass is 9.87. The van der Waals surface area contributed by atoms with E-state index < -0.39 is 19.8 Å². The smallest absolute Gasteiger partial charge is 0.361 e. The number of nitrogens with two attached hydrogens (primary N) is 1. The van der Waals surface area contributed by atoms with Crippen molar-refractivity contribution in [3.05, 3.63) is 41.7 Å². The van der Waals surface area contributed by atoms with Crippen LogP contribution < -0.4 is 11.1 Å². The molecule has 2 atom stereocenters. The highest BCUT2D eigenvalue weighted by atomic mass is 28.3. The molecule has 0 saturated heterocycles. The first kappa shape index (κ1) is 25.2. The van der Waals surface area contributed by atoms with Crippen LogP contribution in [0.15, 0.2) is 30.6 Å². The van der Waals surface area contributed by atoms with Crippen LogP contribution in [0.5, 0.6) is 0 Å². The Morgan fingerprint density at radius 1 is 1.29 bits per heavy atom. The second-order valence-electron chi connectivity index (χ2n) is 10.1. The van der Waals surface area contributed by atoms with E-state index in [1.807, 2.05) is 0 Å². The van der Waals surface area contributed by atoms with E-state index in [0.29, 0.717) is 28.6 Å². The van der Waals surface area contributed by atoms with Crippen molar-refractivity contribution < 1.29 is 17.9 Å². The third-order valence-corrected chi connectivity index (χ3v) is 7.93. The minimum atomic E-state index is -4.64. The molecule has 0 bridgehead atoms. The van der Waals surface area contributed by atoms with Gasteiger partial charge in [0.25, 0.3) is 0 Å². The number of rotatable bonds is 8. The molecule has 186 valence electrons. The van der Waals surface area contributed by atoms with Gasteiger partial charge in [-0.2, -0.15) is 18.4 Å². The highest BCUT2D eigenvalue weighted by molar-refractivity contribution is 6.76. The van der Waals surface area contributed by atoms with Gasteiger partial charge in [0.1, 0.15) is 12.3 Å². The van der Waals surface area contributed by atoms with Gasteiger partial charge >= 0.3 is 6.18 Å². The molecule has 1 aliphatic rings. The van der Waals surface area contributed by atoms with Gasteiger partial charge in [-0.3, -0.25) is 0 Å². The molecule has 1 fully saturated rings. The molecule has 1 aromatic carbocycles. The van der Waals surface area contributed by atoms with Gasteiger partial charge < -0.3 is 20.4 Å². The Kier molecular flexibility index (Phi) is 6.90. The maximum absolute atomic E-state index is 14.0. The highest BCUT2D eigenvalue weighted by Crippen LogP contribution is 2.40. The number of aromatic nitrogens is 3. The van der Waals surface area contributed by atoms with E-state index in [1.165, 1.54) is 0 Å². The van der Waals surface area contributed by atoms with Crippen LogP contribution in [-0.2, 0) is 17.6 Å². The number of alkyl halides is 3. The van der Waals surface area contributed by atoms with Gasteiger partial charge in [-0.05, 0) is 31.0 Å². The molecule has 0 radical (unpaired) electrons. The molecule has 2 heterocycles. The van der Waals surface area contributed by atoms with Gasteiger partial charge in [0.15, 0.2) is 0 Å². The van der Waals surface area contributed by atoms with Crippen LogP contribution in [0.2, 0.25) is 25.7 Å². The van der Waals surface area contributed by atoms with E-state index in [2.05, 4.69) is 41.0 Å². The topological polar surface area (TPSA) is 102 Å². The van der Waals surface area contributed by atoms with Crippen molar-refractivity contribution in [2.45, 2.75) is 63.5 Å². The molecule has 35 heavy (non-hydrogen) atoms. The predicted molar refractivity (Wildman–Crippen MR) is 131 cm³/mol. The highest BCUT2D eigenvalue weighted by Gasteiger charge is 2.37. The molecule has 1 aliphatic carbocycles. The molecule has 0 unspecified atom stereocenters. The second-order valence-corrected chi connectivity index (χ2v) is 15.8. The molecule has 3 aromatic rings. The van der Waals surface area contributed by atoms with E-state index in [-0.39, 0.29) is 30.5 Å². The van der Waals surface area contributed by atoms with Crippen molar-refractivity contribution in [2.24, 2.45) is 5.73 Å². The standard InChI is InChI=1S/C24H29F3N6OSi/c1-35(2,3)9-8-34-14-33-13-17(16-5-4-15(11-28)10-21(16)33)22-18(24(25,26)27)12-30-23(32-22)31-20-7-6-19(20)29/h4-5,10,12-13,19-20H,6-9,14,29H2,1-3H3,(H,30,31,32)/t19-,20-/m0/s1. The van der Waals surface area contributed by atoms with Crippen LogP contribution in [0.1, 0.15) is 24.0 Å². The van der Waals surface area contributed by atoms with Gasteiger partial charge in [0, 0.05) is 50.1 Å². The monoisotopic (exact) mass is 502 g/mol. The third-order valence-electron chi connectivity index (χ3n) is 6.23. The summed E-state index contributed by atoms with van der Waals surface area (Å²) >= 11 is 0. The predicted octanol–water partition coefficient (Wildman–Crippen LogP) is 5.20. The van der Waals surface area contributed by atoms with Gasteiger partial charge in [-0.15, -0.1) is 0 Å². The average Bonchev–Trinajstić information content (AvgIpc) is 3.15. The zero-order valence-corrected chi connectivity index (χ0v) is 21.0. The first-order valence-corrected chi connectivity index (χ1v) is 15.2. The van der Waals surface area contributed by atoms with Gasteiger partial charge in [0.2, 0.25) is 5.95 Å². The maximum atomic E-state index is 14.0. The number of hydrogen-bond donors (Lipinski definition) is 2. The Morgan fingerprint density at radius 3 is 2.66 bits per heavy atom. The minimum Gasteiger partial charge on any atom is -0.361 e. The van der Waals surface area contributed by atoms with Crippen LogP contribution in [0.4, 0.5) is 19.1 Å². The Bertz CT molecular complexity index is 1260. The maximum Gasteiger partial charge on any atom is 0.419 e. The lowest BCUT2D eigenvalue weighted by Crippen LogP contribution is -2.49. The molecule has 0 aliphatic heterocycles. The Hall–Kier alpha value is -2.94. The Balaban J connectivity index is 1.76. The van der Waals surface area contributed by atoms with Crippen molar-refractivity contribution in [2.75, 3.05) is 11.9 Å². The van der Waals surface area contributed by atoms with Crippen LogP contribution in [0.25, 0.3) is 22.2 Å². The number of hydrogen-bond acceptors (Lipinski definition) is 6. The lowest BCUT2D eigenvalue weighted by molar-refractivity contribution is -0.137. The number of halogens is 3. The molecule has 2 aromatic heterocycles. The Morgan fingerprint density at radius 2 is 2.06 bits per heavy atom. The summed E-state index contributed by atoms with van der Waals surface area (Å²) in [5.74, 6) is 0.106. The van der Waals surface area contributed by atoms with Crippen molar-refractivity contribution in [3.63, 3.8) is 0 Å². The summed E-state index contributed by atoms with van der Waals surface area (Å²) in [7, 11) is -1.30. The first-order chi connectivity index (χ1) is 16.5. The van der Waals surface area contributed by atoms with Gasteiger partial charge in [0.05, 0.1) is 22.8 Å². The Labute approximate surface area is 203 Å². The fraction of sp³-hybridized carbons (Fsp3) is 0.458. The fourth-order valence-corrected chi connectivity index (χ4v) is 4.69. The number of nitrogens with zero attached hydrogens (tertiary/aromatic N) is 4. The van der Waals surface area contributed by atoms with Crippen LogP contribution in [0, 0.1) is 11.3 Å². The molecule has 4 rings (SSSR count). The number of nitrogens with one attached hydrogen (secondary N) is 1. The number of anilines is 1. The summed E-state index contributed by atoms with van der Waals surface area (Å²) in [6.45, 7) is 7.45. The van der Waals surface area contributed by atoms with Crippen molar-refractivity contribution in [1.29, 1.82) is 5.26 Å². The molecule has 3 N–H and O–H groups in total. The quantitative estimate of drug-likeness (QED) is 0.324. The second kappa shape index (κ2) is 9.60. The normalized spacial score (nSPS) is 18.3. The van der Waals surface area contributed by atoms with E-state index in [0.717, 1.165) is 25.1 Å². The van der Waals surface area contributed by atoms with Gasteiger partial charge in [-0.25, -0.2) is 9.97 Å². The van der Waals surface area contributed by atoms with Crippen LogP contribution in [-0.4, -0.2) is 41.3 Å². The molecule has 0 amide bonds. The average molecular weight is 503 g/mol. The van der Waals surface area contributed by atoms with Crippen molar-refractivity contribution >= 4 is 24.9 Å². The SMILES string of the molecule is C[Si](C)(C)CCOCn1cc(-c2nc(N[C@H]3CC[C@@H]3N)ncc2C(F)(F)F)c2ccc(C#N)cc21. The van der Waals surface area contributed by atoms with E-state index in [4.69, 9.17) is 10.5 Å². The fourth-order valence-electron chi connectivity index (χ4n) is 3.93. The largest absolute Gasteiger partial charge is 0.419 e. The van der Waals surface area contributed by atoms with E-state index in [9.17, 15) is 18.4 Å². The lowest BCUT2D eigenvalue weighted by Gasteiger charge is -2.34. The van der Waals surface area contributed by atoms with Crippen LogP contribution in [0.3, 0.4) is 0 Å². The molecule has 1 saturated carbocycles. The summed E-state index contributed by atoms with van der Waals surface area (Å²) in [5.41, 5.74) is 6.13. The summed E-state index contributed by atoms with van der Waals surface area (Å²) in [5, 5.41) is 13.0. The summed E-state index contributed by atoms with van der Waals surface area (Å²) in [6, 6.07) is 7.80. The van der Waals surface area contributed by atoms with E-state index in [1.54, 1.807) is 29.0 Å². The zero-order valence-electron chi connectivity index (χ0n) is 20.0. The zero-order chi connectivity index (χ0) is 25.4. The molecular weight excluding hydrogens is 473 g/mol. The molecule has 11 heteroatoms. The number of nitriles is 1. The number of benzene rings is 1. The van der Waals surface area contributed by atoms with Crippen LogP contribution >= 0.6 is 0 Å². The third kappa shape index (κ3) is 5.66. The summed E-state index contributed by atoms with van der Waals surface area (Å²) in [4.78, 5) is 8.21. The minimum absolute atomic E-state index is 0.0705. The molecule has 7 nitrogen and oxygen atoms in total. The molecular formula is C24H29F3N6OSi. The van der Waals surface area contributed by atoms with Gasteiger partial charge in [-0.1, -0.05) is 25.7 Å². The van der Waals surface area contributed by atoms with Crippen molar-refractivity contribution in [3.8, 4) is 17.3 Å².